The van der Waals surface area contributed by atoms with Gasteiger partial charge in [0.25, 0.3) is 7.82 Å². The van der Waals surface area contributed by atoms with Gasteiger partial charge in [0.2, 0.25) is 5.91 Å². The Labute approximate surface area is 266 Å². The summed E-state index contributed by atoms with van der Waals surface area (Å²) in [6, 6.07) is -0.795. The Morgan fingerprint density at radius 3 is 1.44 bits per heavy atom. The SMILES string of the molecule is CCCCCCCCCCCCCCCCCCCCCCCCC(O)C(COP(=O)([O-])OCC[N+](C)(C)C)NC(C)=O. The van der Waals surface area contributed by atoms with E-state index >= 15 is 0 Å². The molecule has 0 spiro atoms. The Kier molecular flexibility index (Phi) is 27.5. The molecule has 0 aliphatic carbocycles. The van der Waals surface area contributed by atoms with Crippen LogP contribution in [0.4, 0.5) is 0 Å². The van der Waals surface area contributed by atoms with Crippen LogP contribution < -0.4 is 10.2 Å². The summed E-state index contributed by atoms with van der Waals surface area (Å²) >= 11 is 0. The van der Waals surface area contributed by atoms with Crippen LogP contribution in [0.15, 0.2) is 0 Å². The molecule has 0 aliphatic heterocycles. The van der Waals surface area contributed by atoms with Gasteiger partial charge in [-0.2, -0.15) is 0 Å². The van der Waals surface area contributed by atoms with Gasteiger partial charge in [0, 0.05) is 6.92 Å². The van der Waals surface area contributed by atoms with Crippen molar-refractivity contribution >= 4 is 13.7 Å². The molecule has 0 radical (unpaired) electrons. The van der Waals surface area contributed by atoms with Gasteiger partial charge >= 0.3 is 0 Å². The minimum absolute atomic E-state index is 0.0110. The number of carbonyl (C=O) groups excluding carboxylic acids is 1. The second-order valence-electron chi connectivity index (χ2n) is 13.7. The highest BCUT2D eigenvalue weighted by molar-refractivity contribution is 7.45. The summed E-state index contributed by atoms with van der Waals surface area (Å²) in [6.07, 6.45) is 28.8. The summed E-state index contributed by atoms with van der Waals surface area (Å²) < 4.78 is 22.5. The first-order valence-electron chi connectivity index (χ1n) is 17.8. The number of rotatable bonds is 32. The summed E-state index contributed by atoms with van der Waals surface area (Å²) in [7, 11) is 1.30. The topological polar surface area (TPSA) is 108 Å². The van der Waals surface area contributed by atoms with Crippen molar-refractivity contribution in [3.63, 3.8) is 0 Å². The zero-order valence-electron chi connectivity index (χ0n) is 28.9. The van der Waals surface area contributed by atoms with Crippen LogP contribution >= 0.6 is 7.82 Å². The molecule has 3 atom stereocenters. The number of phosphoric ester groups is 1. The van der Waals surface area contributed by atoms with Crippen LogP contribution in [-0.4, -0.2) is 68.5 Å². The van der Waals surface area contributed by atoms with Crippen molar-refractivity contribution in [3.05, 3.63) is 0 Å². The molecule has 0 bridgehead atoms. The fourth-order valence-corrected chi connectivity index (χ4v) is 6.03. The molecule has 0 aliphatic rings. The normalized spacial score (nSPS) is 14.9. The quantitative estimate of drug-likeness (QED) is 0.0440. The average molecular weight is 635 g/mol. The Hall–Kier alpha value is -0.500. The third-order valence-electron chi connectivity index (χ3n) is 8.13. The molecular weight excluding hydrogens is 563 g/mol. The van der Waals surface area contributed by atoms with Gasteiger partial charge in [-0.05, 0) is 6.42 Å². The lowest BCUT2D eigenvalue weighted by atomic mass is 10.0. The molecule has 0 saturated carbocycles. The predicted molar refractivity (Wildman–Crippen MR) is 178 cm³/mol. The first kappa shape index (κ1) is 42.5. The van der Waals surface area contributed by atoms with E-state index in [1.54, 1.807) is 0 Å². The van der Waals surface area contributed by atoms with E-state index in [2.05, 4.69) is 12.2 Å². The van der Waals surface area contributed by atoms with Crippen molar-refractivity contribution < 1.29 is 32.9 Å². The molecule has 0 rings (SSSR count). The summed E-state index contributed by atoms with van der Waals surface area (Å²) in [5.41, 5.74) is 0. The second-order valence-corrected chi connectivity index (χ2v) is 15.1. The molecular formula is C34H71N2O6P. The monoisotopic (exact) mass is 635 g/mol. The van der Waals surface area contributed by atoms with E-state index in [-0.39, 0.29) is 19.1 Å². The maximum atomic E-state index is 12.1. The average Bonchev–Trinajstić information content (AvgIpc) is 2.92. The number of nitrogens with zero attached hydrogens (tertiary/aromatic N) is 1. The summed E-state index contributed by atoms with van der Waals surface area (Å²) in [5.74, 6) is -0.339. The highest BCUT2D eigenvalue weighted by atomic mass is 31.2. The second kappa shape index (κ2) is 27.8. The molecule has 258 valence electrons. The van der Waals surface area contributed by atoms with Crippen molar-refractivity contribution in [1.29, 1.82) is 0 Å². The number of hydrogen-bond donors (Lipinski definition) is 2. The molecule has 2 N–H and O–H groups in total. The summed E-state index contributed by atoms with van der Waals surface area (Å²) in [4.78, 5) is 23.7. The first-order valence-corrected chi connectivity index (χ1v) is 19.3. The van der Waals surface area contributed by atoms with E-state index < -0.39 is 20.0 Å². The number of quaternary nitrogens is 1. The number of hydrogen-bond acceptors (Lipinski definition) is 6. The van der Waals surface area contributed by atoms with E-state index in [1.807, 2.05) is 21.1 Å². The zero-order valence-corrected chi connectivity index (χ0v) is 29.8. The van der Waals surface area contributed by atoms with Crippen LogP contribution in [0.25, 0.3) is 0 Å². The number of nitrogens with one attached hydrogen (secondary N) is 1. The van der Waals surface area contributed by atoms with Gasteiger partial charge < -0.3 is 28.8 Å². The number of carbonyl (C=O) groups is 1. The highest BCUT2D eigenvalue weighted by Crippen LogP contribution is 2.38. The predicted octanol–water partition coefficient (Wildman–Crippen LogP) is 8.05. The Bertz CT molecular complexity index is 688. The lowest BCUT2D eigenvalue weighted by Gasteiger charge is -2.29. The molecule has 1 amide bonds. The molecule has 0 aromatic carbocycles. The number of amides is 1. The fourth-order valence-electron chi connectivity index (χ4n) is 5.31. The van der Waals surface area contributed by atoms with Gasteiger partial charge in [0.15, 0.2) is 0 Å². The Morgan fingerprint density at radius 2 is 1.09 bits per heavy atom. The Morgan fingerprint density at radius 1 is 0.721 bits per heavy atom. The third-order valence-corrected chi connectivity index (χ3v) is 9.09. The molecule has 0 aromatic rings. The molecule has 0 heterocycles. The standard InChI is InChI=1S/C34H71N2O6P/c1-6-7-8-9-10-11-12-13-14-15-16-17-18-19-20-21-22-23-24-25-26-27-28-34(38)33(35-32(2)37)31-42-43(39,40)41-30-29-36(3,4)5/h33-34,38H,6-31H2,1-5H3,(H-,35,37,39,40). The number of likely N-dealkylation sites (N-methyl/N-ethyl adjacent to an activating group) is 1. The number of unbranched alkanes of at least 4 members (excludes halogenated alkanes) is 21. The van der Waals surface area contributed by atoms with Crippen LogP contribution in [-0.2, 0) is 18.4 Å². The molecule has 0 fully saturated rings. The molecule has 0 saturated heterocycles. The van der Waals surface area contributed by atoms with Crippen molar-refractivity contribution in [2.75, 3.05) is 40.9 Å². The smallest absolute Gasteiger partial charge is 0.268 e. The minimum atomic E-state index is -4.51. The number of aliphatic hydroxyl groups is 1. The molecule has 8 nitrogen and oxygen atoms in total. The van der Waals surface area contributed by atoms with E-state index in [9.17, 15) is 19.4 Å². The van der Waals surface area contributed by atoms with Gasteiger partial charge in [-0.25, -0.2) is 0 Å². The minimum Gasteiger partial charge on any atom is -0.756 e. The third kappa shape index (κ3) is 31.3. The Balaban J connectivity index is 3.70. The van der Waals surface area contributed by atoms with Crippen LogP contribution in [0.1, 0.15) is 162 Å². The lowest BCUT2D eigenvalue weighted by Crippen LogP contribution is -2.45. The summed E-state index contributed by atoms with van der Waals surface area (Å²) in [5, 5.41) is 13.2. The van der Waals surface area contributed by atoms with Crippen LogP contribution in [0.2, 0.25) is 0 Å². The van der Waals surface area contributed by atoms with Crippen LogP contribution in [0, 0.1) is 0 Å². The van der Waals surface area contributed by atoms with Crippen LogP contribution in [0.5, 0.6) is 0 Å². The van der Waals surface area contributed by atoms with Gasteiger partial charge in [0.05, 0.1) is 39.9 Å². The number of phosphoric acid groups is 1. The fraction of sp³-hybridized carbons (Fsp3) is 0.971. The lowest BCUT2D eigenvalue weighted by molar-refractivity contribution is -0.870. The van der Waals surface area contributed by atoms with Gasteiger partial charge in [-0.15, -0.1) is 0 Å². The van der Waals surface area contributed by atoms with Crippen LogP contribution in [0.3, 0.4) is 0 Å². The van der Waals surface area contributed by atoms with E-state index in [0.717, 1.165) is 19.3 Å². The number of aliphatic hydroxyl groups excluding tert-OH is 1. The van der Waals surface area contributed by atoms with Crippen molar-refractivity contribution in [2.24, 2.45) is 0 Å². The maximum Gasteiger partial charge on any atom is 0.268 e. The van der Waals surface area contributed by atoms with Crippen molar-refractivity contribution in [2.45, 2.75) is 174 Å². The largest absolute Gasteiger partial charge is 0.756 e. The molecule has 9 heteroatoms. The molecule has 43 heavy (non-hydrogen) atoms. The van der Waals surface area contributed by atoms with Crippen molar-refractivity contribution in [3.8, 4) is 0 Å². The van der Waals surface area contributed by atoms with Gasteiger partial charge in [-0.3, -0.25) is 9.36 Å². The highest BCUT2D eigenvalue weighted by Gasteiger charge is 2.23. The zero-order chi connectivity index (χ0) is 32.2. The maximum absolute atomic E-state index is 12.1. The molecule has 3 unspecified atom stereocenters. The first-order chi connectivity index (χ1) is 20.5. The van der Waals surface area contributed by atoms with Crippen molar-refractivity contribution in [1.82, 2.24) is 5.32 Å². The van der Waals surface area contributed by atoms with E-state index in [4.69, 9.17) is 9.05 Å². The van der Waals surface area contributed by atoms with Gasteiger partial charge in [-0.1, -0.05) is 148 Å². The van der Waals surface area contributed by atoms with Gasteiger partial charge in [0.1, 0.15) is 13.2 Å². The van der Waals surface area contributed by atoms with E-state index in [1.165, 1.54) is 129 Å². The van der Waals surface area contributed by atoms with E-state index in [0.29, 0.717) is 17.4 Å². The summed E-state index contributed by atoms with van der Waals surface area (Å²) in [6.45, 7) is 3.80. The molecule has 0 aromatic heterocycles.